The minimum absolute atomic E-state index is 0.0222. The van der Waals surface area contributed by atoms with Crippen LogP contribution in [0, 0.1) is 0 Å². The number of fused-ring (bicyclic) bond motifs is 2. The summed E-state index contributed by atoms with van der Waals surface area (Å²) in [5.74, 6) is -0.455. The monoisotopic (exact) mass is 360 g/mol. The fraction of sp³-hybridized carbons (Fsp3) is 0.182. The van der Waals surface area contributed by atoms with Gasteiger partial charge in [0.2, 0.25) is 5.91 Å². The van der Waals surface area contributed by atoms with E-state index in [0.29, 0.717) is 17.6 Å². The third-order valence-corrected chi connectivity index (χ3v) is 4.80. The number of aryl methyl sites for hydroxylation is 1. The molecule has 1 heterocycles. The van der Waals surface area contributed by atoms with Crippen molar-refractivity contribution in [3.05, 3.63) is 77.3 Å². The van der Waals surface area contributed by atoms with E-state index in [9.17, 15) is 9.59 Å². The number of rotatable bonds is 5. The molecule has 0 radical (unpaired) electrons. The lowest BCUT2D eigenvalue weighted by Gasteiger charge is -2.23. The molecule has 0 bridgehead atoms. The summed E-state index contributed by atoms with van der Waals surface area (Å²) in [6.07, 6.45) is 0.223. The molecule has 0 aliphatic heterocycles. The largest absolute Gasteiger partial charge is 0.419 e. The highest BCUT2D eigenvalue weighted by Gasteiger charge is 2.17. The van der Waals surface area contributed by atoms with E-state index < -0.39 is 5.76 Å². The number of benzene rings is 3. The topological polar surface area (TPSA) is 55.5 Å². The lowest BCUT2D eigenvalue weighted by atomic mass is 10.1. The van der Waals surface area contributed by atoms with Gasteiger partial charge in [0.25, 0.3) is 0 Å². The number of anilines is 1. The van der Waals surface area contributed by atoms with Gasteiger partial charge in [0.15, 0.2) is 5.58 Å². The Morgan fingerprint density at radius 3 is 2.59 bits per heavy atom. The maximum Gasteiger partial charge on any atom is 0.419 e. The zero-order valence-corrected chi connectivity index (χ0v) is 15.1. The molecule has 4 rings (SSSR count). The Labute approximate surface area is 156 Å². The van der Waals surface area contributed by atoms with Crippen molar-refractivity contribution in [3.63, 3.8) is 0 Å². The van der Waals surface area contributed by atoms with Crippen LogP contribution in [0.1, 0.15) is 13.3 Å². The Kier molecular flexibility index (Phi) is 4.50. The third-order valence-electron chi connectivity index (χ3n) is 4.80. The molecule has 0 spiro atoms. The molecule has 0 saturated carbocycles. The number of carbonyl (C=O) groups is 1. The number of oxazole rings is 1. The van der Waals surface area contributed by atoms with Crippen LogP contribution >= 0.6 is 0 Å². The van der Waals surface area contributed by atoms with E-state index in [1.165, 1.54) is 4.57 Å². The molecule has 5 heteroatoms. The molecule has 0 atom stereocenters. The lowest BCUT2D eigenvalue weighted by molar-refractivity contribution is -0.118. The number of hydrogen-bond acceptors (Lipinski definition) is 3. The Bertz CT molecular complexity index is 1170. The van der Waals surface area contributed by atoms with Crippen LogP contribution in [0.15, 0.2) is 75.9 Å². The van der Waals surface area contributed by atoms with Crippen molar-refractivity contribution in [2.75, 3.05) is 11.4 Å². The fourth-order valence-electron chi connectivity index (χ4n) is 3.49. The highest BCUT2D eigenvalue weighted by atomic mass is 16.4. The van der Waals surface area contributed by atoms with Crippen LogP contribution < -0.4 is 10.7 Å². The van der Waals surface area contributed by atoms with Crippen molar-refractivity contribution in [1.29, 1.82) is 0 Å². The van der Waals surface area contributed by atoms with Crippen LogP contribution in [0.3, 0.4) is 0 Å². The van der Waals surface area contributed by atoms with Crippen LogP contribution in [-0.2, 0) is 11.3 Å². The predicted octanol–water partition coefficient (Wildman–Crippen LogP) is 4.19. The zero-order chi connectivity index (χ0) is 18.8. The predicted molar refractivity (Wildman–Crippen MR) is 107 cm³/mol. The van der Waals surface area contributed by atoms with E-state index in [0.717, 1.165) is 16.5 Å². The van der Waals surface area contributed by atoms with Crippen LogP contribution in [0.25, 0.3) is 21.9 Å². The van der Waals surface area contributed by atoms with Gasteiger partial charge >= 0.3 is 5.76 Å². The van der Waals surface area contributed by atoms with Crippen molar-refractivity contribution in [3.8, 4) is 0 Å². The molecular formula is C22H20N2O3. The highest BCUT2D eigenvalue weighted by Crippen LogP contribution is 2.27. The molecule has 0 fully saturated rings. The molecule has 0 N–H and O–H groups in total. The number of para-hydroxylation sites is 2. The number of amides is 1. The summed E-state index contributed by atoms with van der Waals surface area (Å²) in [4.78, 5) is 26.8. The van der Waals surface area contributed by atoms with Gasteiger partial charge in [-0.1, -0.05) is 48.5 Å². The average molecular weight is 360 g/mol. The van der Waals surface area contributed by atoms with Gasteiger partial charge in [-0.05, 0) is 30.5 Å². The summed E-state index contributed by atoms with van der Waals surface area (Å²) < 4.78 is 6.76. The van der Waals surface area contributed by atoms with E-state index in [2.05, 4.69) is 0 Å². The molecule has 0 unspecified atom stereocenters. The standard InChI is InChI=1S/C22H20N2O3/c1-2-23(18-12-7-9-16-8-3-4-10-17(16)18)21(25)14-15-24-19-11-5-6-13-20(19)27-22(24)26/h3-13H,2,14-15H2,1H3. The van der Waals surface area contributed by atoms with Crippen molar-refractivity contribution in [2.45, 2.75) is 19.9 Å². The summed E-state index contributed by atoms with van der Waals surface area (Å²) in [7, 11) is 0. The number of aromatic nitrogens is 1. The van der Waals surface area contributed by atoms with E-state index in [1.807, 2.05) is 67.6 Å². The Morgan fingerprint density at radius 1 is 1.00 bits per heavy atom. The molecule has 4 aromatic rings. The summed E-state index contributed by atoms with van der Waals surface area (Å²) in [5.41, 5.74) is 2.14. The third kappa shape index (κ3) is 3.12. The average Bonchev–Trinajstić information content (AvgIpc) is 3.02. The maximum absolute atomic E-state index is 12.9. The number of nitrogens with zero attached hydrogens (tertiary/aromatic N) is 2. The van der Waals surface area contributed by atoms with Gasteiger partial charge in [0, 0.05) is 24.9 Å². The summed E-state index contributed by atoms with van der Waals surface area (Å²) >= 11 is 0. The van der Waals surface area contributed by atoms with Gasteiger partial charge in [0.05, 0.1) is 11.2 Å². The first kappa shape index (κ1) is 17.1. The summed E-state index contributed by atoms with van der Waals surface area (Å²) in [6, 6.07) is 21.2. The lowest BCUT2D eigenvalue weighted by Crippen LogP contribution is -2.32. The first-order valence-electron chi connectivity index (χ1n) is 9.05. The second kappa shape index (κ2) is 7.11. The minimum Gasteiger partial charge on any atom is -0.408 e. The van der Waals surface area contributed by atoms with Crippen molar-refractivity contribution in [1.82, 2.24) is 4.57 Å². The van der Waals surface area contributed by atoms with E-state index in [1.54, 1.807) is 11.0 Å². The van der Waals surface area contributed by atoms with Crippen LogP contribution in [0.5, 0.6) is 0 Å². The van der Waals surface area contributed by atoms with Crippen LogP contribution in [0.2, 0.25) is 0 Å². The van der Waals surface area contributed by atoms with Crippen LogP contribution in [-0.4, -0.2) is 17.0 Å². The molecule has 1 aromatic heterocycles. The molecule has 3 aromatic carbocycles. The van der Waals surface area contributed by atoms with Gasteiger partial charge in [0.1, 0.15) is 0 Å². The van der Waals surface area contributed by atoms with Gasteiger partial charge in [-0.25, -0.2) is 4.79 Å². The number of carbonyl (C=O) groups excluding carboxylic acids is 1. The fourth-order valence-corrected chi connectivity index (χ4v) is 3.49. The van der Waals surface area contributed by atoms with Crippen molar-refractivity contribution >= 4 is 33.5 Å². The normalized spacial score (nSPS) is 11.1. The van der Waals surface area contributed by atoms with Gasteiger partial charge in [-0.15, -0.1) is 0 Å². The Hall–Kier alpha value is -3.34. The van der Waals surface area contributed by atoms with E-state index in [4.69, 9.17) is 4.42 Å². The summed E-state index contributed by atoms with van der Waals surface area (Å²) in [5, 5.41) is 2.14. The molecular weight excluding hydrogens is 340 g/mol. The van der Waals surface area contributed by atoms with Gasteiger partial charge in [-0.2, -0.15) is 0 Å². The molecule has 0 aliphatic rings. The minimum atomic E-state index is -0.433. The molecule has 0 saturated heterocycles. The Balaban J connectivity index is 1.61. The Morgan fingerprint density at radius 2 is 1.74 bits per heavy atom. The van der Waals surface area contributed by atoms with Gasteiger partial charge < -0.3 is 9.32 Å². The smallest absolute Gasteiger partial charge is 0.408 e. The van der Waals surface area contributed by atoms with Gasteiger partial charge in [-0.3, -0.25) is 9.36 Å². The molecule has 1 amide bonds. The second-order valence-electron chi connectivity index (χ2n) is 6.37. The number of hydrogen-bond donors (Lipinski definition) is 0. The first-order valence-corrected chi connectivity index (χ1v) is 9.05. The molecule has 136 valence electrons. The van der Waals surface area contributed by atoms with Crippen molar-refractivity contribution < 1.29 is 9.21 Å². The first-order chi connectivity index (χ1) is 13.2. The summed E-state index contributed by atoms with van der Waals surface area (Å²) in [6.45, 7) is 2.81. The molecule has 0 aliphatic carbocycles. The highest BCUT2D eigenvalue weighted by molar-refractivity contribution is 6.03. The molecule has 27 heavy (non-hydrogen) atoms. The second-order valence-corrected chi connectivity index (χ2v) is 6.37. The van der Waals surface area contributed by atoms with E-state index in [-0.39, 0.29) is 18.9 Å². The zero-order valence-electron chi connectivity index (χ0n) is 15.1. The SMILES string of the molecule is CCN(C(=O)CCn1c(=O)oc2ccccc21)c1cccc2ccccc12. The van der Waals surface area contributed by atoms with Crippen molar-refractivity contribution in [2.24, 2.45) is 0 Å². The van der Waals surface area contributed by atoms with Crippen LogP contribution in [0.4, 0.5) is 5.69 Å². The van der Waals surface area contributed by atoms with E-state index >= 15 is 0 Å². The maximum atomic E-state index is 12.9. The molecule has 5 nitrogen and oxygen atoms in total. The quantitative estimate of drug-likeness (QED) is 0.536.